The summed E-state index contributed by atoms with van der Waals surface area (Å²) in [7, 11) is 0. The number of anilines is 2. The summed E-state index contributed by atoms with van der Waals surface area (Å²) in [4.78, 5) is 28.8. The fourth-order valence-corrected chi connectivity index (χ4v) is 3.10. The first-order valence-electron chi connectivity index (χ1n) is 8.76. The Morgan fingerprint density at radius 3 is 2.29 bits per heavy atom. The second-order valence-electron chi connectivity index (χ2n) is 6.46. The summed E-state index contributed by atoms with van der Waals surface area (Å²) in [5.74, 6) is -0.335. The van der Waals surface area contributed by atoms with E-state index in [-0.39, 0.29) is 43.2 Å². The van der Waals surface area contributed by atoms with Gasteiger partial charge in [0.2, 0.25) is 5.91 Å². The maximum atomic E-state index is 12.4. The molecule has 0 aromatic heterocycles. The van der Waals surface area contributed by atoms with Crippen LogP contribution in [0.1, 0.15) is 15.9 Å². The molecule has 28 heavy (non-hydrogen) atoms. The Morgan fingerprint density at radius 1 is 1.00 bits per heavy atom. The number of piperazine rings is 1. The van der Waals surface area contributed by atoms with E-state index in [9.17, 15) is 9.59 Å². The average Bonchev–Trinajstić information content (AvgIpc) is 2.68. The van der Waals surface area contributed by atoms with Crippen molar-refractivity contribution in [2.75, 3.05) is 43.4 Å². The number of hydrogen-bond acceptors (Lipinski definition) is 4. The highest BCUT2D eigenvalue weighted by molar-refractivity contribution is 5.98. The van der Waals surface area contributed by atoms with Crippen LogP contribution in [0.15, 0.2) is 48.5 Å². The first-order chi connectivity index (χ1) is 12.5. The van der Waals surface area contributed by atoms with Crippen molar-refractivity contribution in [3.05, 3.63) is 59.7 Å². The molecule has 6 nitrogen and oxygen atoms in total. The zero-order chi connectivity index (χ0) is 18.5. The number of carbonyl (C=O) groups is 2. The smallest absolute Gasteiger partial charge is 0.252 e. The molecule has 0 aliphatic carbocycles. The summed E-state index contributed by atoms with van der Waals surface area (Å²) in [6, 6.07) is 15.4. The average molecular weight is 425 g/mol. The first-order valence-corrected chi connectivity index (χ1v) is 8.76. The topological polar surface area (TPSA) is 78.7 Å². The fourth-order valence-electron chi connectivity index (χ4n) is 3.10. The van der Waals surface area contributed by atoms with Crippen molar-refractivity contribution in [2.45, 2.75) is 6.92 Å². The molecule has 152 valence electrons. The number of nitrogens with zero attached hydrogens (tertiary/aromatic N) is 2. The molecule has 1 saturated heterocycles. The molecule has 3 rings (SSSR count). The standard InChI is InChI=1S/C20H24N4O2.2ClH/c1-15-7-8-16(21)13-18(15)20(26)22-14-19(25)24-11-9-23(10-12-24)17-5-3-2-4-6-17;;/h2-8,13H,9-12,14,21H2,1H3,(H,22,26);2*1H. The van der Waals surface area contributed by atoms with Crippen LogP contribution < -0.4 is 16.0 Å². The summed E-state index contributed by atoms with van der Waals surface area (Å²) in [5.41, 5.74) is 8.78. The lowest BCUT2D eigenvalue weighted by Crippen LogP contribution is -2.51. The normalized spacial score (nSPS) is 13.2. The van der Waals surface area contributed by atoms with Crippen LogP contribution in [0, 0.1) is 6.92 Å². The monoisotopic (exact) mass is 424 g/mol. The predicted molar refractivity (Wildman–Crippen MR) is 118 cm³/mol. The maximum Gasteiger partial charge on any atom is 0.252 e. The van der Waals surface area contributed by atoms with Gasteiger partial charge in [-0.25, -0.2) is 0 Å². The summed E-state index contributed by atoms with van der Waals surface area (Å²) < 4.78 is 0. The molecule has 1 aliphatic heterocycles. The molecule has 0 unspecified atom stereocenters. The Balaban J connectivity index is 0.00000196. The number of halogens is 2. The lowest BCUT2D eigenvalue weighted by molar-refractivity contribution is -0.130. The third kappa shape index (κ3) is 5.78. The summed E-state index contributed by atoms with van der Waals surface area (Å²) in [5, 5.41) is 2.71. The maximum absolute atomic E-state index is 12.4. The number of benzene rings is 2. The van der Waals surface area contributed by atoms with Gasteiger partial charge in [0.1, 0.15) is 0 Å². The highest BCUT2D eigenvalue weighted by Crippen LogP contribution is 2.16. The van der Waals surface area contributed by atoms with E-state index in [4.69, 9.17) is 5.73 Å². The van der Waals surface area contributed by atoms with E-state index in [1.54, 1.807) is 23.1 Å². The first kappa shape index (κ1) is 23.6. The summed E-state index contributed by atoms with van der Waals surface area (Å²) >= 11 is 0. The SMILES string of the molecule is Cc1ccc(N)cc1C(=O)NCC(=O)N1CCN(c2ccccc2)CC1.Cl.Cl. The highest BCUT2D eigenvalue weighted by Gasteiger charge is 2.21. The molecule has 0 radical (unpaired) electrons. The molecule has 2 amide bonds. The van der Waals surface area contributed by atoms with Gasteiger partial charge < -0.3 is 20.9 Å². The molecule has 1 heterocycles. The second-order valence-corrected chi connectivity index (χ2v) is 6.46. The highest BCUT2D eigenvalue weighted by atomic mass is 35.5. The number of hydrogen-bond donors (Lipinski definition) is 2. The van der Waals surface area contributed by atoms with E-state index in [1.807, 2.05) is 25.1 Å². The van der Waals surface area contributed by atoms with Gasteiger partial charge in [0, 0.05) is 43.1 Å². The van der Waals surface area contributed by atoms with E-state index in [2.05, 4.69) is 22.3 Å². The van der Waals surface area contributed by atoms with Crippen molar-refractivity contribution >= 4 is 48.0 Å². The van der Waals surface area contributed by atoms with Crippen molar-refractivity contribution in [3.8, 4) is 0 Å². The molecule has 1 aliphatic rings. The van der Waals surface area contributed by atoms with Gasteiger partial charge in [-0.1, -0.05) is 24.3 Å². The fraction of sp³-hybridized carbons (Fsp3) is 0.300. The molecule has 0 saturated carbocycles. The summed E-state index contributed by atoms with van der Waals surface area (Å²) in [6.07, 6.45) is 0. The molecule has 2 aromatic rings. The number of nitrogens with one attached hydrogen (secondary N) is 1. The van der Waals surface area contributed by atoms with Gasteiger partial charge in [-0.2, -0.15) is 0 Å². The molecule has 0 atom stereocenters. The van der Waals surface area contributed by atoms with Gasteiger partial charge >= 0.3 is 0 Å². The van der Waals surface area contributed by atoms with Crippen LogP contribution in [-0.2, 0) is 4.79 Å². The van der Waals surface area contributed by atoms with E-state index < -0.39 is 0 Å². The lowest BCUT2D eigenvalue weighted by atomic mass is 10.1. The van der Waals surface area contributed by atoms with Crippen molar-refractivity contribution < 1.29 is 9.59 Å². The van der Waals surface area contributed by atoms with E-state index in [0.29, 0.717) is 24.3 Å². The van der Waals surface area contributed by atoms with E-state index in [1.165, 1.54) is 5.69 Å². The van der Waals surface area contributed by atoms with Gasteiger partial charge in [0.25, 0.3) is 5.91 Å². The van der Waals surface area contributed by atoms with Crippen LogP contribution in [0.4, 0.5) is 11.4 Å². The third-order valence-corrected chi connectivity index (χ3v) is 4.66. The van der Waals surface area contributed by atoms with Gasteiger partial charge in [0.05, 0.1) is 6.54 Å². The van der Waals surface area contributed by atoms with Crippen molar-refractivity contribution in [1.29, 1.82) is 0 Å². The minimum Gasteiger partial charge on any atom is -0.399 e. The zero-order valence-electron chi connectivity index (χ0n) is 15.8. The Hall–Kier alpha value is -2.44. The van der Waals surface area contributed by atoms with Crippen molar-refractivity contribution in [1.82, 2.24) is 10.2 Å². The van der Waals surface area contributed by atoms with Crippen molar-refractivity contribution in [3.63, 3.8) is 0 Å². The lowest BCUT2D eigenvalue weighted by Gasteiger charge is -2.36. The van der Waals surface area contributed by atoms with Crippen LogP contribution >= 0.6 is 24.8 Å². The summed E-state index contributed by atoms with van der Waals surface area (Å²) in [6.45, 7) is 4.73. The van der Waals surface area contributed by atoms with Crippen LogP contribution in [0.5, 0.6) is 0 Å². The molecular weight excluding hydrogens is 399 g/mol. The van der Waals surface area contributed by atoms with Gasteiger partial charge in [0.15, 0.2) is 0 Å². The third-order valence-electron chi connectivity index (χ3n) is 4.66. The van der Waals surface area contributed by atoms with Crippen molar-refractivity contribution in [2.24, 2.45) is 0 Å². The minimum absolute atomic E-state index is 0. The van der Waals surface area contributed by atoms with E-state index >= 15 is 0 Å². The van der Waals surface area contributed by atoms with Gasteiger partial charge in [-0.05, 0) is 36.8 Å². The minimum atomic E-state index is -0.272. The Bertz CT molecular complexity index is 794. The van der Waals surface area contributed by atoms with Crippen LogP contribution in [0.25, 0.3) is 0 Å². The van der Waals surface area contributed by atoms with Crippen LogP contribution in [0.3, 0.4) is 0 Å². The van der Waals surface area contributed by atoms with E-state index in [0.717, 1.165) is 18.7 Å². The number of para-hydroxylation sites is 1. The molecule has 3 N–H and O–H groups in total. The predicted octanol–water partition coefficient (Wildman–Crippen LogP) is 2.50. The van der Waals surface area contributed by atoms with Crippen LogP contribution in [-0.4, -0.2) is 49.4 Å². The largest absolute Gasteiger partial charge is 0.399 e. The Labute approximate surface area is 177 Å². The molecular formula is C20H26Cl2N4O2. The second kappa shape index (κ2) is 10.8. The molecule has 0 bridgehead atoms. The van der Waals surface area contributed by atoms with Gasteiger partial charge in [-0.15, -0.1) is 24.8 Å². The number of aryl methyl sites for hydroxylation is 1. The number of rotatable bonds is 4. The number of amides is 2. The zero-order valence-corrected chi connectivity index (χ0v) is 17.4. The molecule has 8 heteroatoms. The molecule has 1 fully saturated rings. The van der Waals surface area contributed by atoms with Crippen LogP contribution in [0.2, 0.25) is 0 Å². The molecule has 0 spiro atoms. The van der Waals surface area contributed by atoms with Gasteiger partial charge in [-0.3, -0.25) is 9.59 Å². The molecule has 2 aromatic carbocycles. The Kier molecular flexibility index (Phi) is 9.09. The number of nitrogens with two attached hydrogens (primary N) is 1. The quantitative estimate of drug-likeness (QED) is 0.738. The number of nitrogen functional groups attached to an aromatic ring is 1. The Morgan fingerprint density at radius 2 is 1.64 bits per heavy atom. The number of carbonyl (C=O) groups excluding carboxylic acids is 2.